The van der Waals surface area contributed by atoms with Gasteiger partial charge in [0, 0.05) is 44.0 Å². The maximum Gasteiger partial charge on any atom is 0.267 e. The van der Waals surface area contributed by atoms with Gasteiger partial charge in [-0.15, -0.1) is 12.4 Å². The number of carbonyl (C=O) groups is 1. The normalized spacial score (nSPS) is 18.9. The third-order valence-corrected chi connectivity index (χ3v) is 6.28. The number of para-hydroxylation sites is 2. The molecule has 0 saturated carbocycles. The Bertz CT molecular complexity index is 1150. The van der Waals surface area contributed by atoms with Crippen LogP contribution in [0.5, 0.6) is 11.5 Å². The number of ether oxygens (including phenoxy) is 2. The molecule has 0 bridgehead atoms. The number of amides is 1. The van der Waals surface area contributed by atoms with Gasteiger partial charge in [-0.25, -0.2) is 4.99 Å². The van der Waals surface area contributed by atoms with Crippen LogP contribution in [0.3, 0.4) is 0 Å². The lowest BCUT2D eigenvalue weighted by atomic mass is 9.94. The van der Waals surface area contributed by atoms with Gasteiger partial charge < -0.3 is 19.5 Å². The number of hydrogen-bond acceptors (Lipinski definition) is 7. The number of methoxy groups -OCH3 is 1. The monoisotopic (exact) mass is 510 g/mol. The fourth-order valence-electron chi connectivity index (χ4n) is 4.39. The predicted molar refractivity (Wildman–Crippen MR) is 142 cm³/mol. The van der Waals surface area contributed by atoms with E-state index in [0.717, 1.165) is 48.8 Å². The molecule has 4 rings (SSSR count). The van der Waals surface area contributed by atoms with Crippen LogP contribution in [0, 0.1) is 17.2 Å². The van der Waals surface area contributed by atoms with E-state index in [1.54, 1.807) is 20.1 Å². The Morgan fingerprint density at radius 2 is 1.83 bits per heavy atom. The number of aliphatic hydroxyl groups excluding tert-OH is 1. The van der Waals surface area contributed by atoms with Gasteiger partial charge in [0.25, 0.3) is 5.91 Å². The number of carbonyl (C=O) groups excluding carboxylic acids is 1. The van der Waals surface area contributed by atoms with Crippen LogP contribution >= 0.6 is 12.4 Å². The van der Waals surface area contributed by atoms with Crippen molar-refractivity contribution in [3.8, 4) is 17.6 Å². The van der Waals surface area contributed by atoms with Gasteiger partial charge in [-0.05, 0) is 42.8 Å². The molecule has 0 spiro atoms. The number of rotatable bonds is 8. The number of aliphatic imine (C=N–C) groups is 1. The highest BCUT2D eigenvalue weighted by Gasteiger charge is 2.23. The van der Waals surface area contributed by atoms with Crippen LogP contribution in [-0.2, 0) is 4.79 Å². The summed E-state index contributed by atoms with van der Waals surface area (Å²) in [4.78, 5) is 20.3. The number of allylic oxidation sites excluding steroid dienone is 1. The molecule has 0 radical (unpaired) electrons. The summed E-state index contributed by atoms with van der Waals surface area (Å²) in [6, 6.07) is 17.4. The van der Waals surface area contributed by atoms with E-state index in [0.29, 0.717) is 18.0 Å². The number of dihydropyridines is 1. The van der Waals surface area contributed by atoms with Crippen molar-refractivity contribution in [2.24, 2.45) is 10.9 Å². The number of benzene rings is 2. The van der Waals surface area contributed by atoms with E-state index in [1.807, 2.05) is 48.5 Å². The Balaban J connectivity index is 0.00000361. The van der Waals surface area contributed by atoms with Gasteiger partial charge in [0.1, 0.15) is 30.1 Å². The minimum absolute atomic E-state index is 0. The van der Waals surface area contributed by atoms with Gasteiger partial charge >= 0.3 is 0 Å². The first-order valence-electron chi connectivity index (χ1n) is 11.7. The van der Waals surface area contributed by atoms with Gasteiger partial charge in [-0.2, -0.15) is 5.26 Å². The van der Waals surface area contributed by atoms with Crippen LogP contribution < -0.4 is 14.4 Å². The van der Waals surface area contributed by atoms with E-state index in [-0.39, 0.29) is 19.0 Å². The summed E-state index contributed by atoms with van der Waals surface area (Å²) in [7, 11) is 1.69. The van der Waals surface area contributed by atoms with E-state index in [1.165, 1.54) is 0 Å². The molecular weight excluding hydrogens is 480 g/mol. The topological polar surface area (TPSA) is 98.4 Å². The fourth-order valence-corrected chi connectivity index (χ4v) is 4.39. The Morgan fingerprint density at radius 3 is 2.50 bits per heavy atom. The van der Waals surface area contributed by atoms with E-state index < -0.39 is 17.9 Å². The second-order valence-electron chi connectivity index (χ2n) is 8.67. The highest BCUT2D eigenvalue weighted by Crippen LogP contribution is 2.28. The first kappa shape index (κ1) is 27.2. The maximum absolute atomic E-state index is 11.8. The van der Waals surface area contributed by atoms with Crippen molar-refractivity contribution >= 4 is 35.3 Å². The molecule has 2 aliphatic heterocycles. The molecule has 2 aliphatic rings. The van der Waals surface area contributed by atoms with E-state index in [4.69, 9.17) is 14.7 Å². The minimum atomic E-state index is -0.851. The number of piperazine rings is 1. The van der Waals surface area contributed by atoms with Crippen LogP contribution in [0.15, 0.2) is 59.6 Å². The number of halogens is 1. The summed E-state index contributed by atoms with van der Waals surface area (Å²) in [5.41, 5.74) is 3.33. The number of nitriles is 1. The second kappa shape index (κ2) is 12.5. The average Bonchev–Trinajstić information content (AvgIpc) is 2.88. The molecule has 2 unspecified atom stereocenters. The first-order chi connectivity index (χ1) is 17.0. The maximum atomic E-state index is 11.8. The lowest BCUT2D eigenvalue weighted by Crippen LogP contribution is -2.49. The highest BCUT2D eigenvalue weighted by molar-refractivity contribution is 6.27. The van der Waals surface area contributed by atoms with Crippen LogP contribution in [0.4, 0.5) is 5.69 Å². The summed E-state index contributed by atoms with van der Waals surface area (Å²) >= 11 is 0. The Kier molecular flexibility index (Phi) is 9.48. The summed E-state index contributed by atoms with van der Waals surface area (Å²) < 4.78 is 11.3. The van der Waals surface area contributed by atoms with E-state index in [9.17, 15) is 9.90 Å². The van der Waals surface area contributed by atoms with Gasteiger partial charge in [-0.1, -0.05) is 24.3 Å². The van der Waals surface area contributed by atoms with Crippen LogP contribution in [0.2, 0.25) is 0 Å². The molecule has 0 aromatic heterocycles. The number of nitrogens with zero attached hydrogens (tertiary/aromatic N) is 4. The molecule has 1 saturated heterocycles. The molecular formula is C27H31ClN4O4. The number of β-amino-alcohol motifs (C(OH)–C–C–N with tert-alkyl or cyclic N) is 1. The zero-order valence-corrected chi connectivity index (χ0v) is 21.3. The molecule has 2 atom stereocenters. The fraction of sp³-hybridized carbons (Fsp3) is 0.370. The van der Waals surface area contributed by atoms with Crippen molar-refractivity contribution in [1.82, 2.24) is 4.90 Å². The number of hydrogen-bond donors (Lipinski definition) is 1. The quantitative estimate of drug-likeness (QED) is 0.582. The summed E-state index contributed by atoms with van der Waals surface area (Å²) in [6.07, 6.45) is 1.04. The smallest absolute Gasteiger partial charge is 0.267 e. The number of anilines is 1. The van der Waals surface area contributed by atoms with Gasteiger partial charge in [0.15, 0.2) is 0 Å². The second-order valence-corrected chi connectivity index (χ2v) is 8.67. The zero-order valence-electron chi connectivity index (χ0n) is 20.5. The van der Waals surface area contributed by atoms with Crippen molar-refractivity contribution in [3.63, 3.8) is 0 Å². The van der Waals surface area contributed by atoms with Gasteiger partial charge in [-0.3, -0.25) is 9.69 Å². The van der Waals surface area contributed by atoms with Crippen LogP contribution in [-0.4, -0.2) is 74.2 Å². The molecule has 1 N–H and O–H groups in total. The third kappa shape index (κ3) is 6.43. The van der Waals surface area contributed by atoms with Crippen LogP contribution in [0.1, 0.15) is 12.5 Å². The molecule has 1 amide bonds. The third-order valence-electron chi connectivity index (χ3n) is 6.28. The number of aliphatic hydroxyl groups is 1. The minimum Gasteiger partial charge on any atom is -0.495 e. The Morgan fingerprint density at radius 1 is 1.14 bits per heavy atom. The standard InChI is InChI=1S/C27H30N4O4.ClH/c1-19-24(15-21(16-28)27(33)29-19)20-7-9-23(10-8-20)35-18-22(32)17-30-11-13-31(14-12-30)25-5-3-4-6-26(25)34-2;/h3-10,15,21-22,32H,11-14,17-18H2,1-2H3;1H. The SMILES string of the molecule is COc1ccccc1N1CCN(CC(O)COc2ccc(C3=CC(C#N)C(=O)N=C3C)cc2)CC1.Cl. The van der Waals surface area contributed by atoms with Gasteiger partial charge in [0.05, 0.1) is 18.9 Å². The first-order valence-corrected chi connectivity index (χ1v) is 11.7. The zero-order chi connectivity index (χ0) is 24.8. The largest absolute Gasteiger partial charge is 0.495 e. The van der Waals surface area contributed by atoms with Gasteiger partial charge in [0.2, 0.25) is 0 Å². The lowest BCUT2D eigenvalue weighted by molar-refractivity contribution is -0.118. The molecule has 9 heteroatoms. The summed E-state index contributed by atoms with van der Waals surface area (Å²) in [5, 5.41) is 19.7. The molecule has 2 aromatic rings. The Labute approximate surface area is 217 Å². The van der Waals surface area contributed by atoms with Crippen molar-refractivity contribution in [2.75, 3.05) is 51.3 Å². The highest BCUT2D eigenvalue weighted by atomic mass is 35.5. The lowest BCUT2D eigenvalue weighted by Gasteiger charge is -2.37. The van der Waals surface area contributed by atoms with Crippen molar-refractivity contribution < 1.29 is 19.4 Å². The van der Waals surface area contributed by atoms with Crippen molar-refractivity contribution in [2.45, 2.75) is 13.0 Å². The van der Waals surface area contributed by atoms with Crippen molar-refractivity contribution in [3.05, 3.63) is 60.2 Å². The molecule has 2 aromatic carbocycles. The van der Waals surface area contributed by atoms with E-state index >= 15 is 0 Å². The predicted octanol–water partition coefficient (Wildman–Crippen LogP) is 3.20. The molecule has 1 fully saturated rings. The van der Waals surface area contributed by atoms with E-state index in [2.05, 4.69) is 20.9 Å². The summed E-state index contributed by atoms with van der Waals surface area (Å²) in [5.74, 6) is 0.244. The summed E-state index contributed by atoms with van der Waals surface area (Å²) in [6.45, 7) is 5.94. The Hall–Kier alpha value is -3.38. The molecule has 0 aliphatic carbocycles. The average molecular weight is 511 g/mol. The van der Waals surface area contributed by atoms with Crippen LogP contribution in [0.25, 0.3) is 5.57 Å². The molecule has 36 heavy (non-hydrogen) atoms. The molecule has 2 heterocycles. The van der Waals surface area contributed by atoms with Crippen molar-refractivity contribution in [1.29, 1.82) is 5.26 Å². The molecule has 190 valence electrons. The molecule has 8 nitrogen and oxygen atoms in total.